The zero-order valence-corrected chi connectivity index (χ0v) is 19.7. The van der Waals surface area contributed by atoms with E-state index in [4.69, 9.17) is 10.7 Å². The Morgan fingerprint density at radius 1 is 0.690 bits per heavy atom. The molecule has 2 N–H and O–H groups in total. The van der Waals surface area contributed by atoms with Crippen LogP contribution in [0.3, 0.4) is 0 Å². The molecule has 156 valence electrons. The zero-order valence-electron chi connectivity index (χ0n) is 19.7. The molecule has 0 heterocycles. The lowest BCUT2D eigenvalue weighted by molar-refractivity contribution is 1.07. The van der Waals surface area contributed by atoms with Crippen molar-refractivity contribution < 1.29 is 0 Å². The average Bonchev–Trinajstić information content (AvgIpc) is 2.68. The van der Waals surface area contributed by atoms with Crippen LogP contribution >= 0.6 is 0 Å². The highest BCUT2D eigenvalue weighted by Crippen LogP contribution is 2.36. The molecule has 2 aromatic carbocycles. The molecule has 0 saturated carbocycles. The van der Waals surface area contributed by atoms with Gasteiger partial charge in [0.05, 0.1) is 5.69 Å². The Hall–Kier alpha value is -2.35. The van der Waals surface area contributed by atoms with Crippen molar-refractivity contribution in [3.8, 4) is 0 Å². The van der Waals surface area contributed by atoms with Gasteiger partial charge in [0.15, 0.2) is 0 Å². The third kappa shape index (κ3) is 4.98. The second kappa shape index (κ2) is 9.91. The van der Waals surface area contributed by atoms with E-state index in [0.717, 1.165) is 42.8 Å². The number of hydrogen-bond donors (Lipinski definition) is 1. The van der Waals surface area contributed by atoms with Gasteiger partial charge in [0, 0.05) is 11.4 Å². The number of allylic oxidation sites excluding steroid dienone is 1. The molecule has 0 aromatic heterocycles. The van der Waals surface area contributed by atoms with Crippen molar-refractivity contribution in [3.63, 3.8) is 0 Å². The van der Waals surface area contributed by atoms with E-state index in [1.54, 1.807) is 0 Å². The number of nitrogens with two attached hydrogens (primary N) is 1. The molecular weight excluding hydrogens is 352 g/mol. The molecule has 0 fully saturated rings. The van der Waals surface area contributed by atoms with Crippen LogP contribution in [0.25, 0.3) is 5.57 Å². The van der Waals surface area contributed by atoms with E-state index in [2.05, 4.69) is 79.7 Å². The highest BCUT2D eigenvalue weighted by atomic mass is 14.7. The summed E-state index contributed by atoms with van der Waals surface area (Å²) < 4.78 is 0. The molecule has 0 saturated heterocycles. The lowest BCUT2D eigenvalue weighted by Gasteiger charge is -2.19. The van der Waals surface area contributed by atoms with Gasteiger partial charge in [0.25, 0.3) is 0 Å². The lowest BCUT2D eigenvalue weighted by atomic mass is 9.87. The minimum Gasteiger partial charge on any atom is -0.398 e. The summed E-state index contributed by atoms with van der Waals surface area (Å²) in [6, 6.07) is 9.26. The molecule has 0 aliphatic rings. The smallest absolute Gasteiger partial charge is 0.0692 e. The standard InChI is InChI=1S/C27H38N2/c1-9-19-13-23(14-20(10-2)26(19)28)25(17(5)6)24-15-21(11-3)27(29-18(7)8)22(12-4)16-24/h13-16H,9-12,28H2,1-8H3. The second-order valence-corrected chi connectivity index (χ2v) is 8.20. The van der Waals surface area contributed by atoms with Crippen molar-refractivity contribution in [2.45, 2.75) is 81.1 Å². The second-order valence-electron chi connectivity index (χ2n) is 8.20. The van der Waals surface area contributed by atoms with Gasteiger partial charge in [-0.25, -0.2) is 0 Å². The number of nitrogen functional groups attached to an aromatic ring is 1. The van der Waals surface area contributed by atoms with Gasteiger partial charge >= 0.3 is 0 Å². The van der Waals surface area contributed by atoms with Crippen molar-refractivity contribution in [2.75, 3.05) is 5.73 Å². The highest BCUT2D eigenvalue weighted by molar-refractivity contribution is 5.87. The molecule has 0 aliphatic carbocycles. The first-order valence-electron chi connectivity index (χ1n) is 11.0. The number of anilines is 1. The number of benzene rings is 2. The Morgan fingerprint density at radius 2 is 1.07 bits per heavy atom. The molecule has 2 rings (SSSR count). The SMILES string of the molecule is CCc1cc(C(=C(C)C)c2cc(CC)c(N=C(C)C)c(CC)c2)cc(CC)c1N. The molecule has 0 amide bonds. The van der Waals surface area contributed by atoms with E-state index in [1.165, 1.54) is 44.5 Å². The molecule has 0 aliphatic heterocycles. The van der Waals surface area contributed by atoms with Crippen molar-refractivity contribution in [3.05, 3.63) is 63.2 Å². The number of aliphatic imine (C=N–C) groups is 1. The number of nitrogens with zero attached hydrogens (tertiary/aromatic N) is 1. The first kappa shape index (κ1) is 22.9. The van der Waals surface area contributed by atoms with E-state index >= 15 is 0 Å². The molecule has 0 radical (unpaired) electrons. The van der Waals surface area contributed by atoms with E-state index < -0.39 is 0 Å². The minimum atomic E-state index is 0.951. The largest absolute Gasteiger partial charge is 0.398 e. The summed E-state index contributed by atoms with van der Waals surface area (Å²) in [6.45, 7) is 17.4. The van der Waals surface area contributed by atoms with Gasteiger partial charge in [-0.1, -0.05) is 33.3 Å². The predicted octanol–water partition coefficient (Wildman–Crippen LogP) is 7.47. The maximum absolute atomic E-state index is 6.41. The van der Waals surface area contributed by atoms with E-state index in [-0.39, 0.29) is 0 Å². The first-order chi connectivity index (χ1) is 13.8. The van der Waals surface area contributed by atoms with E-state index in [9.17, 15) is 0 Å². The summed E-state index contributed by atoms with van der Waals surface area (Å²) >= 11 is 0. The van der Waals surface area contributed by atoms with E-state index in [1.807, 2.05) is 0 Å². The molecule has 2 nitrogen and oxygen atoms in total. The number of rotatable bonds is 7. The summed E-state index contributed by atoms with van der Waals surface area (Å²) in [5, 5.41) is 0. The van der Waals surface area contributed by atoms with Crippen LogP contribution in [-0.2, 0) is 25.7 Å². The Balaban J connectivity index is 2.79. The van der Waals surface area contributed by atoms with Crippen molar-refractivity contribution in [2.24, 2.45) is 4.99 Å². The predicted molar refractivity (Wildman–Crippen MR) is 131 cm³/mol. The summed E-state index contributed by atoms with van der Waals surface area (Å²) in [5.74, 6) is 0. The maximum atomic E-state index is 6.41. The van der Waals surface area contributed by atoms with Crippen LogP contribution in [0.1, 0.15) is 88.8 Å². The quantitative estimate of drug-likeness (QED) is 0.386. The molecular formula is C27H38N2. The zero-order chi connectivity index (χ0) is 21.7. The van der Waals surface area contributed by atoms with Crippen molar-refractivity contribution in [1.82, 2.24) is 0 Å². The highest BCUT2D eigenvalue weighted by Gasteiger charge is 2.16. The molecule has 0 atom stereocenters. The van der Waals surface area contributed by atoms with Crippen LogP contribution in [0.15, 0.2) is 34.8 Å². The monoisotopic (exact) mass is 390 g/mol. The fraction of sp³-hybridized carbons (Fsp3) is 0.444. The molecule has 29 heavy (non-hydrogen) atoms. The van der Waals surface area contributed by atoms with Crippen molar-refractivity contribution >= 4 is 22.7 Å². The average molecular weight is 391 g/mol. The lowest BCUT2D eigenvalue weighted by Crippen LogP contribution is -2.03. The molecule has 0 spiro atoms. The Kier molecular flexibility index (Phi) is 7.84. The molecule has 2 aromatic rings. The van der Waals surface area contributed by atoms with Gasteiger partial charge in [-0.05, 0) is 117 Å². The fourth-order valence-electron chi connectivity index (χ4n) is 4.06. The topological polar surface area (TPSA) is 38.4 Å². The van der Waals surface area contributed by atoms with Crippen molar-refractivity contribution in [1.29, 1.82) is 0 Å². The van der Waals surface area contributed by atoms with Gasteiger partial charge in [-0.3, -0.25) is 4.99 Å². The Labute approximate surface area is 178 Å². The van der Waals surface area contributed by atoms with Gasteiger partial charge in [0.2, 0.25) is 0 Å². The Morgan fingerprint density at radius 3 is 1.38 bits per heavy atom. The van der Waals surface area contributed by atoms with Crippen LogP contribution in [0, 0.1) is 0 Å². The third-order valence-electron chi connectivity index (χ3n) is 5.56. The number of hydrogen-bond acceptors (Lipinski definition) is 2. The Bertz CT molecular complexity index is 887. The third-order valence-corrected chi connectivity index (χ3v) is 5.56. The van der Waals surface area contributed by atoms with Gasteiger partial charge in [0.1, 0.15) is 0 Å². The summed E-state index contributed by atoms with van der Waals surface area (Å²) in [7, 11) is 0. The van der Waals surface area contributed by atoms with E-state index in [0.29, 0.717) is 0 Å². The summed E-state index contributed by atoms with van der Waals surface area (Å²) in [4.78, 5) is 4.87. The minimum absolute atomic E-state index is 0.951. The first-order valence-corrected chi connectivity index (χ1v) is 11.0. The van der Waals surface area contributed by atoms with Crippen LogP contribution < -0.4 is 5.73 Å². The normalized spacial score (nSPS) is 10.8. The fourth-order valence-corrected chi connectivity index (χ4v) is 4.06. The summed E-state index contributed by atoms with van der Waals surface area (Å²) in [5.41, 5.74) is 20.0. The molecule has 0 unspecified atom stereocenters. The van der Waals surface area contributed by atoms with Gasteiger partial charge < -0.3 is 5.73 Å². The van der Waals surface area contributed by atoms with Gasteiger partial charge in [-0.2, -0.15) is 0 Å². The number of aryl methyl sites for hydroxylation is 4. The maximum Gasteiger partial charge on any atom is 0.0692 e. The van der Waals surface area contributed by atoms with Crippen LogP contribution in [0.4, 0.5) is 11.4 Å². The molecule has 0 bridgehead atoms. The van der Waals surface area contributed by atoms with Crippen LogP contribution in [0.5, 0.6) is 0 Å². The molecule has 2 heteroatoms. The van der Waals surface area contributed by atoms with Crippen LogP contribution in [0.2, 0.25) is 0 Å². The van der Waals surface area contributed by atoms with Gasteiger partial charge in [-0.15, -0.1) is 0 Å². The van der Waals surface area contributed by atoms with Crippen LogP contribution in [-0.4, -0.2) is 5.71 Å². The summed E-state index contributed by atoms with van der Waals surface area (Å²) in [6.07, 6.45) is 3.86.